The largest absolute Gasteiger partial charge is 0.393 e. The van der Waals surface area contributed by atoms with Gasteiger partial charge in [-0.2, -0.15) is 0 Å². The number of rotatable bonds is 6. The number of benzene rings is 2. The van der Waals surface area contributed by atoms with E-state index in [-0.39, 0.29) is 12.1 Å². The minimum absolute atomic E-state index is 0.0668. The van der Waals surface area contributed by atoms with Gasteiger partial charge in [0.25, 0.3) is 0 Å². The van der Waals surface area contributed by atoms with E-state index in [1.165, 1.54) is 5.56 Å². The summed E-state index contributed by atoms with van der Waals surface area (Å²) in [5.74, 6) is 0.843. The van der Waals surface area contributed by atoms with Crippen LogP contribution < -0.4 is 0 Å². The van der Waals surface area contributed by atoms with E-state index in [1.807, 2.05) is 23.0 Å². The zero-order chi connectivity index (χ0) is 21.0. The molecule has 1 saturated heterocycles. The molecule has 3 heterocycles. The van der Waals surface area contributed by atoms with Gasteiger partial charge in [0.2, 0.25) is 0 Å². The third-order valence-corrected chi connectivity index (χ3v) is 6.07. The van der Waals surface area contributed by atoms with Crippen LogP contribution >= 0.6 is 0 Å². The predicted molar refractivity (Wildman–Crippen MR) is 118 cm³/mol. The smallest absolute Gasteiger partial charge is 0.173 e. The normalized spacial score (nSPS) is 16.5. The van der Waals surface area contributed by atoms with E-state index in [0.717, 1.165) is 54.6 Å². The summed E-state index contributed by atoms with van der Waals surface area (Å²) in [4.78, 5) is 6.84. The number of aromatic nitrogens is 5. The van der Waals surface area contributed by atoms with Gasteiger partial charge in [-0.15, -0.1) is 5.10 Å². The quantitative estimate of drug-likeness (QED) is 0.522. The van der Waals surface area contributed by atoms with Crippen molar-refractivity contribution >= 4 is 10.9 Å². The maximum atomic E-state index is 10.0. The van der Waals surface area contributed by atoms with Gasteiger partial charge in [0.1, 0.15) is 0 Å². The highest BCUT2D eigenvalue weighted by molar-refractivity contribution is 5.79. The van der Waals surface area contributed by atoms with E-state index in [4.69, 9.17) is 0 Å². The lowest BCUT2D eigenvalue weighted by Crippen LogP contribution is -2.40. The molecule has 1 aliphatic heterocycles. The third kappa shape index (κ3) is 4.33. The van der Waals surface area contributed by atoms with Gasteiger partial charge in [0, 0.05) is 31.2 Å². The lowest BCUT2D eigenvalue weighted by atomic mass is 9.98. The molecule has 0 saturated carbocycles. The summed E-state index contributed by atoms with van der Waals surface area (Å²) >= 11 is 0. The lowest BCUT2D eigenvalue weighted by Gasteiger charge is -2.35. The zero-order valence-corrected chi connectivity index (χ0v) is 17.4. The van der Waals surface area contributed by atoms with Crippen LogP contribution in [0, 0.1) is 0 Å². The highest BCUT2D eigenvalue weighted by Crippen LogP contribution is 2.31. The fourth-order valence-corrected chi connectivity index (χ4v) is 4.38. The van der Waals surface area contributed by atoms with Crippen molar-refractivity contribution in [3.05, 3.63) is 83.8 Å². The first kappa shape index (κ1) is 19.8. The van der Waals surface area contributed by atoms with Gasteiger partial charge in [-0.25, -0.2) is 4.68 Å². The van der Waals surface area contributed by atoms with Crippen LogP contribution in [0.3, 0.4) is 0 Å². The molecule has 7 heteroatoms. The molecule has 0 spiro atoms. The molecule has 1 N–H and O–H groups in total. The number of piperidine rings is 1. The number of hydrogen-bond acceptors (Lipinski definition) is 6. The molecule has 5 rings (SSSR count). The van der Waals surface area contributed by atoms with Crippen molar-refractivity contribution in [3.8, 4) is 0 Å². The Balaban J connectivity index is 1.49. The van der Waals surface area contributed by atoms with Crippen LogP contribution in [0.15, 0.2) is 66.9 Å². The molecule has 1 atom stereocenters. The molecule has 4 aromatic rings. The number of nitrogens with zero attached hydrogens (tertiary/aromatic N) is 6. The molecule has 1 aliphatic rings. The molecular weight excluding hydrogens is 388 g/mol. The summed E-state index contributed by atoms with van der Waals surface area (Å²) in [5.41, 5.74) is 3.38. The summed E-state index contributed by atoms with van der Waals surface area (Å²) in [7, 11) is 0. The second kappa shape index (κ2) is 8.91. The summed E-state index contributed by atoms with van der Waals surface area (Å²) in [6, 6.07) is 20.8. The van der Waals surface area contributed by atoms with Crippen molar-refractivity contribution in [2.24, 2.45) is 0 Å². The predicted octanol–water partition coefficient (Wildman–Crippen LogP) is 3.01. The van der Waals surface area contributed by atoms with Gasteiger partial charge in [0.15, 0.2) is 5.82 Å². The minimum atomic E-state index is -0.230. The molecule has 1 fully saturated rings. The van der Waals surface area contributed by atoms with Crippen LogP contribution in [0.25, 0.3) is 10.9 Å². The topological polar surface area (TPSA) is 80.0 Å². The summed E-state index contributed by atoms with van der Waals surface area (Å²) in [6.45, 7) is 2.33. The highest BCUT2D eigenvalue weighted by atomic mass is 16.3. The standard InChI is InChI=1S/C24H26N6O/c31-21-11-14-29(15-12-21)23(20-8-9-22-19(17-20)7-4-13-25-22)24-26-27-28-30(24)16-10-18-5-2-1-3-6-18/h1-9,13,17,21,23,31H,10-12,14-16H2/t23-/m0/s1. The molecule has 0 unspecified atom stereocenters. The molecule has 31 heavy (non-hydrogen) atoms. The molecule has 2 aromatic carbocycles. The van der Waals surface area contributed by atoms with Crippen LogP contribution in [0.2, 0.25) is 0 Å². The monoisotopic (exact) mass is 414 g/mol. The maximum Gasteiger partial charge on any atom is 0.173 e. The first-order valence-electron chi connectivity index (χ1n) is 10.8. The van der Waals surface area contributed by atoms with Crippen LogP contribution in [0.5, 0.6) is 0 Å². The number of aliphatic hydroxyl groups excluding tert-OH is 1. The SMILES string of the molecule is OC1CCN([C@@H](c2ccc3ncccc3c2)c2nnnn2CCc2ccccc2)CC1. The second-order valence-electron chi connectivity index (χ2n) is 8.12. The summed E-state index contributed by atoms with van der Waals surface area (Å²) in [5, 5.41) is 23.9. The Morgan fingerprint density at radius 3 is 2.68 bits per heavy atom. The average molecular weight is 415 g/mol. The molecule has 158 valence electrons. The number of tetrazole rings is 1. The number of aryl methyl sites for hydroxylation is 2. The number of hydrogen-bond donors (Lipinski definition) is 1. The molecule has 7 nitrogen and oxygen atoms in total. The Bertz CT molecular complexity index is 1140. The first-order chi connectivity index (χ1) is 15.3. The van der Waals surface area contributed by atoms with Crippen LogP contribution in [-0.2, 0) is 13.0 Å². The van der Waals surface area contributed by atoms with Gasteiger partial charge in [-0.05, 0) is 59.0 Å². The Morgan fingerprint density at radius 2 is 1.84 bits per heavy atom. The van der Waals surface area contributed by atoms with Crippen molar-refractivity contribution in [1.82, 2.24) is 30.1 Å². The number of likely N-dealkylation sites (tertiary alicyclic amines) is 1. The van der Waals surface area contributed by atoms with Crippen molar-refractivity contribution in [1.29, 1.82) is 0 Å². The van der Waals surface area contributed by atoms with Crippen molar-refractivity contribution in [2.45, 2.75) is 38.0 Å². The minimum Gasteiger partial charge on any atom is -0.393 e. The molecule has 0 radical (unpaired) electrons. The van der Waals surface area contributed by atoms with Crippen molar-refractivity contribution in [3.63, 3.8) is 0 Å². The lowest BCUT2D eigenvalue weighted by molar-refractivity contribution is 0.0661. The number of fused-ring (bicyclic) bond motifs is 1. The molecule has 0 amide bonds. The Hall–Kier alpha value is -3.16. The highest BCUT2D eigenvalue weighted by Gasteiger charge is 2.30. The summed E-state index contributed by atoms with van der Waals surface area (Å²) < 4.78 is 1.93. The molecule has 2 aromatic heterocycles. The fourth-order valence-electron chi connectivity index (χ4n) is 4.38. The Kier molecular flexibility index (Phi) is 5.69. The van der Waals surface area contributed by atoms with Crippen LogP contribution in [0.4, 0.5) is 0 Å². The summed E-state index contributed by atoms with van der Waals surface area (Å²) in [6.07, 6.45) is 3.97. The average Bonchev–Trinajstić information content (AvgIpc) is 3.28. The molecular formula is C24H26N6O. The Labute approximate surface area is 181 Å². The molecule has 0 aliphatic carbocycles. The van der Waals surface area contributed by atoms with E-state index in [2.05, 4.69) is 73.9 Å². The maximum absolute atomic E-state index is 10.0. The van der Waals surface area contributed by atoms with Crippen LogP contribution in [0.1, 0.15) is 35.8 Å². The van der Waals surface area contributed by atoms with Gasteiger partial charge >= 0.3 is 0 Å². The van der Waals surface area contributed by atoms with Crippen molar-refractivity contribution in [2.75, 3.05) is 13.1 Å². The van der Waals surface area contributed by atoms with E-state index < -0.39 is 0 Å². The van der Waals surface area contributed by atoms with Gasteiger partial charge in [0.05, 0.1) is 17.7 Å². The van der Waals surface area contributed by atoms with Gasteiger partial charge in [-0.3, -0.25) is 9.88 Å². The van der Waals surface area contributed by atoms with E-state index >= 15 is 0 Å². The van der Waals surface area contributed by atoms with Crippen molar-refractivity contribution < 1.29 is 5.11 Å². The van der Waals surface area contributed by atoms with Gasteiger partial charge in [-0.1, -0.05) is 42.5 Å². The molecule has 0 bridgehead atoms. The zero-order valence-electron chi connectivity index (χ0n) is 17.4. The van der Waals surface area contributed by atoms with E-state index in [0.29, 0.717) is 6.54 Å². The van der Waals surface area contributed by atoms with Crippen LogP contribution in [-0.4, -0.2) is 54.4 Å². The van der Waals surface area contributed by atoms with E-state index in [9.17, 15) is 5.11 Å². The second-order valence-corrected chi connectivity index (χ2v) is 8.12. The van der Waals surface area contributed by atoms with E-state index in [1.54, 1.807) is 0 Å². The fraction of sp³-hybridized carbons (Fsp3) is 0.333. The third-order valence-electron chi connectivity index (χ3n) is 6.07. The Morgan fingerprint density at radius 1 is 1.00 bits per heavy atom. The van der Waals surface area contributed by atoms with Gasteiger partial charge < -0.3 is 5.11 Å². The first-order valence-corrected chi connectivity index (χ1v) is 10.8. The number of aliphatic hydroxyl groups is 1. The number of pyridine rings is 1.